The van der Waals surface area contributed by atoms with Gasteiger partial charge in [-0.3, -0.25) is 10.5 Å². The number of hydrogen-bond donors (Lipinski definition) is 2. The van der Waals surface area contributed by atoms with Gasteiger partial charge in [-0.25, -0.2) is 9.82 Å². The van der Waals surface area contributed by atoms with Crippen molar-refractivity contribution in [2.45, 2.75) is 13.0 Å². The van der Waals surface area contributed by atoms with Crippen molar-refractivity contribution in [1.82, 2.24) is 15.2 Å². The van der Waals surface area contributed by atoms with E-state index in [-0.39, 0.29) is 11.9 Å². The van der Waals surface area contributed by atoms with Gasteiger partial charge in [-0.2, -0.15) is 5.10 Å². The second-order valence-electron chi connectivity index (χ2n) is 4.11. The fraction of sp³-hybridized carbons (Fsp3) is 0.250. The van der Waals surface area contributed by atoms with Crippen LogP contribution in [-0.2, 0) is 7.05 Å². The smallest absolute Gasteiger partial charge is 0.126 e. The molecule has 2 aromatic rings. The first kappa shape index (κ1) is 13.2. The first-order valence-corrected chi connectivity index (χ1v) is 6.23. The van der Waals surface area contributed by atoms with E-state index in [4.69, 9.17) is 5.84 Å². The molecule has 0 radical (unpaired) electrons. The zero-order valence-electron chi connectivity index (χ0n) is 10.1. The Hall–Kier alpha value is -1.24. The van der Waals surface area contributed by atoms with Crippen LogP contribution < -0.4 is 11.3 Å². The Bertz CT molecular complexity index is 548. The second kappa shape index (κ2) is 5.17. The number of nitrogens with one attached hydrogen (secondary N) is 1. The Morgan fingerprint density at radius 1 is 1.50 bits per heavy atom. The van der Waals surface area contributed by atoms with Crippen LogP contribution in [0.5, 0.6) is 0 Å². The highest BCUT2D eigenvalue weighted by Gasteiger charge is 2.20. The van der Waals surface area contributed by atoms with Crippen LogP contribution in [0, 0.1) is 12.7 Å². The fourth-order valence-electron chi connectivity index (χ4n) is 1.87. The molecular formula is C12H14BrFN4. The lowest BCUT2D eigenvalue weighted by Crippen LogP contribution is -2.30. The van der Waals surface area contributed by atoms with Crippen LogP contribution in [0.25, 0.3) is 0 Å². The quantitative estimate of drug-likeness (QED) is 0.674. The second-order valence-corrected chi connectivity index (χ2v) is 4.96. The number of nitrogens with zero attached hydrogens (tertiary/aromatic N) is 2. The summed E-state index contributed by atoms with van der Waals surface area (Å²) in [7, 11) is 1.81. The summed E-state index contributed by atoms with van der Waals surface area (Å²) in [6, 6.07) is 4.75. The monoisotopic (exact) mass is 312 g/mol. The van der Waals surface area contributed by atoms with Crippen molar-refractivity contribution < 1.29 is 4.39 Å². The van der Waals surface area contributed by atoms with E-state index in [1.165, 1.54) is 6.07 Å². The summed E-state index contributed by atoms with van der Waals surface area (Å²) in [4.78, 5) is 0. The molecule has 18 heavy (non-hydrogen) atoms. The Labute approximate surface area is 113 Å². The van der Waals surface area contributed by atoms with Gasteiger partial charge in [0.25, 0.3) is 0 Å². The van der Waals surface area contributed by atoms with Crippen LogP contribution in [0.1, 0.15) is 22.9 Å². The molecule has 2 rings (SSSR count). The van der Waals surface area contributed by atoms with Crippen LogP contribution in [0.3, 0.4) is 0 Å². The molecule has 1 atom stereocenters. The van der Waals surface area contributed by atoms with Crippen molar-refractivity contribution >= 4 is 15.9 Å². The van der Waals surface area contributed by atoms with E-state index in [0.717, 1.165) is 15.7 Å². The van der Waals surface area contributed by atoms with E-state index in [1.807, 2.05) is 13.1 Å². The maximum Gasteiger partial charge on any atom is 0.126 e. The number of aromatic nitrogens is 2. The Balaban J connectivity index is 2.48. The minimum Gasteiger partial charge on any atom is -0.271 e. The number of halogens is 2. The Kier molecular flexibility index (Phi) is 3.79. The van der Waals surface area contributed by atoms with Crippen molar-refractivity contribution in [3.8, 4) is 0 Å². The number of hydrogen-bond acceptors (Lipinski definition) is 3. The molecule has 1 aromatic carbocycles. The molecule has 0 aliphatic heterocycles. The van der Waals surface area contributed by atoms with E-state index >= 15 is 0 Å². The molecule has 0 saturated heterocycles. The average Bonchev–Trinajstić information content (AvgIpc) is 2.66. The van der Waals surface area contributed by atoms with E-state index in [9.17, 15) is 4.39 Å². The van der Waals surface area contributed by atoms with Crippen molar-refractivity contribution in [2.24, 2.45) is 12.9 Å². The van der Waals surface area contributed by atoms with E-state index in [0.29, 0.717) is 5.56 Å². The van der Waals surface area contributed by atoms with Gasteiger partial charge in [-0.05, 0) is 40.0 Å². The summed E-state index contributed by atoms with van der Waals surface area (Å²) in [6.07, 6.45) is 1.68. The third-order valence-electron chi connectivity index (χ3n) is 2.91. The lowest BCUT2D eigenvalue weighted by Gasteiger charge is -2.18. The maximum atomic E-state index is 13.6. The molecular weight excluding hydrogens is 299 g/mol. The van der Waals surface area contributed by atoms with Crippen molar-refractivity contribution in [1.29, 1.82) is 0 Å². The van der Waals surface area contributed by atoms with Gasteiger partial charge >= 0.3 is 0 Å². The SMILES string of the molecule is Cc1ccc(C(NN)c2c(Br)cnn2C)cc1F. The van der Waals surface area contributed by atoms with Crippen LogP contribution in [0.2, 0.25) is 0 Å². The van der Waals surface area contributed by atoms with Gasteiger partial charge < -0.3 is 0 Å². The molecule has 0 aliphatic carbocycles. The minimum atomic E-state index is -0.318. The minimum absolute atomic E-state index is 0.244. The van der Waals surface area contributed by atoms with Crippen molar-refractivity contribution in [3.63, 3.8) is 0 Å². The van der Waals surface area contributed by atoms with Gasteiger partial charge in [-0.15, -0.1) is 0 Å². The maximum absolute atomic E-state index is 13.6. The molecule has 0 amide bonds. The summed E-state index contributed by atoms with van der Waals surface area (Å²) in [5, 5.41) is 4.13. The van der Waals surface area contributed by atoms with Crippen molar-refractivity contribution in [2.75, 3.05) is 0 Å². The van der Waals surface area contributed by atoms with Gasteiger partial charge in [0, 0.05) is 7.05 Å². The molecule has 0 aliphatic rings. The summed E-state index contributed by atoms with van der Waals surface area (Å²) < 4.78 is 16.1. The molecule has 4 nitrogen and oxygen atoms in total. The first-order valence-electron chi connectivity index (χ1n) is 5.44. The molecule has 1 heterocycles. The fourth-order valence-corrected chi connectivity index (χ4v) is 2.44. The van der Waals surface area contributed by atoms with Gasteiger partial charge in [-0.1, -0.05) is 12.1 Å². The zero-order valence-corrected chi connectivity index (χ0v) is 11.7. The number of benzene rings is 1. The first-order chi connectivity index (χ1) is 8.54. The molecule has 1 unspecified atom stereocenters. The van der Waals surface area contributed by atoms with Crippen LogP contribution in [0.4, 0.5) is 4.39 Å². The molecule has 6 heteroatoms. The number of nitrogens with two attached hydrogens (primary N) is 1. The van der Waals surface area contributed by atoms with Gasteiger partial charge in [0.1, 0.15) is 5.82 Å². The standard InChI is InChI=1S/C12H14BrFN4/c1-7-3-4-8(5-10(7)14)11(17-15)12-9(13)6-16-18(12)2/h3-6,11,17H,15H2,1-2H3. The van der Waals surface area contributed by atoms with Gasteiger partial charge in [0.05, 0.1) is 22.4 Å². The predicted octanol–water partition coefficient (Wildman–Crippen LogP) is 2.18. The molecule has 0 saturated carbocycles. The highest BCUT2D eigenvalue weighted by atomic mass is 79.9. The summed E-state index contributed by atoms with van der Waals surface area (Å²) >= 11 is 3.42. The Morgan fingerprint density at radius 2 is 2.22 bits per heavy atom. The summed E-state index contributed by atoms with van der Waals surface area (Å²) in [6.45, 7) is 1.73. The Morgan fingerprint density at radius 3 is 2.72 bits per heavy atom. The average molecular weight is 313 g/mol. The number of aryl methyl sites for hydroxylation is 2. The lowest BCUT2D eigenvalue weighted by molar-refractivity contribution is 0.563. The van der Waals surface area contributed by atoms with E-state index in [1.54, 1.807) is 23.9 Å². The highest BCUT2D eigenvalue weighted by Crippen LogP contribution is 2.28. The number of rotatable bonds is 3. The van der Waals surface area contributed by atoms with Crippen LogP contribution in [0.15, 0.2) is 28.9 Å². The highest BCUT2D eigenvalue weighted by molar-refractivity contribution is 9.10. The van der Waals surface area contributed by atoms with Crippen LogP contribution in [-0.4, -0.2) is 9.78 Å². The molecule has 1 aromatic heterocycles. The zero-order chi connectivity index (χ0) is 13.3. The topological polar surface area (TPSA) is 55.9 Å². The molecule has 3 N–H and O–H groups in total. The molecule has 0 fully saturated rings. The van der Waals surface area contributed by atoms with Crippen molar-refractivity contribution in [3.05, 3.63) is 51.5 Å². The third-order valence-corrected chi connectivity index (χ3v) is 3.52. The third kappa shape index (κ3) is 2.31. The number of hydrazine groups is 1. The largest absolute Gasteiger partial charge is 0.271 e. The predicted molar refractivity (Wildman–Crippen MR) is 71.2 cm³/mol. The normalized spacial score (nSPS) is 12.7. The van der Waals surface area contributed by atoms with Crippen LogP contribution >= 0.6 is 15.9 Å². The molecule has 0 bridgehead atoms. The summed E-state index contributed by atoms with van der Waals surface area (Å²) in [5.41, 5.74) is 4.90. The van der Waals surface area contributed by atoms with Gasteiger partial charge in [0.15, 0.2) is 0 Å². The van der Waals surface area contributed by atoms with Gasteiger partial charge in [0.2, 0.25) is 0 Å². The lowest BCUT2D eigenvalue weighted by atomic mass is 10.0. The molecule has 96 valence electrons. The van der Waals surface area contributed by atoms with E-state index < -0.39 is 0 Å². The summed E-state index contributed by atoms with van der Waals surface area (Å²) in [5.74, 6) is 5.34. The molecule has 0 spiro atoms. The van der Waals surface area contributed by atoms with E-state index in [2.05, 4.69) is 26.5 Å².